The molecule has 1 aromatic heterocycles. The smallest absolute Gasteiger partial charge is 0.341 e. The van der Waals surface area contributed by atoms with Crippen LogP contribution in [0.1, 0.15) is 17.3 Å². The lowest BCUT2D eigenvalue weighted by molar-refractivity contribution is -0.384. The van der Waals surface area contributed by atoms with E-state index in [1.807, 2.05) is 0 Å². The molecule has 142 valence electrons. The van der Waals surface area contributed by atoms with Crippen LogP contribution in [0.25, 0.3) is 10.9 Å². The lowest BCUT2D eigenvalue weighted by Gasteiger charge is -2.15. The van der Waals surface area contributed by atoms with Crippen molar-refractivity contribution in [3.63, 3.8) is 0 Å². The van der Waals surface area contributed by atoms with Crippen LogP contribution in [0.5, 0.6) is 0 Å². The Morgan fingerprint density at radius 1 is 1.21 bits per heavy atom. The van der Waals surface area contributed by atoms with Crippen molar-refractivity contribution in [2.75, 3.05) is 11.1 Å². The molecule has 0 fully saturated rings. The molecule has 1 heterocycles. The van der Waals surface area contributed by atoms with Crippen LogP contribution in [-0.2, 0) is 9.53 Å². The number of nitrogens with two attached hydrogens (primary N) is 1. The van der Waals surface area contributed by atoms with Crippen molar-refractivity contribution in [1.29, 1.82) is 0 Å². The monoisotopic (exact) mass is 380 g/mol. The van der Waals surface area contributed by atoms with Gasteiger partial charge in [-0.25, -0.2) is 4.79 Å². The highest BCUT2D eigenvalue weighted by molar-refractivity contribution is 6.04. The Labute approximate surface area is 159 Å². The van der Waals surface area contributed by atoms with Crippen molar-refractivity contribution in [2.45, 2.75) is 13.0 Å². The number of aromatic nitrogens is 1. The van der Waals surface area contributed by atoms with E-state index in [1.54, 1.807) is 36.5 Å². The van der Waals surface area contributed by atoms with Gasteiger partial charge >= 0.3 is 5.97 Å². The van der Waals surface area contributed by atoms with Crippen LogP contribution in [0.3, 0.4) is 0 Å². The van der Waals surface area contributed by atoms with Crippen LogP contribution in [0.4, 0.5) is 17.1 Å². The molecule has 28 heavy (non-hydrogen) atoms. The average Bonchev–Trinajstić information content (AvgIpc) is 2.68. The first kappa shape index (κ1) is 18.8. The van der Waals surface area contributed by atoms with E-state index in [0.717, 1.165) is 11.5 Å². The van der Waals surface area contributed by atoms with E-state index in [-0.39, 0.29) is 16.9 Å². The van der Waals surface area contributed by atoms with Gasteiger partial charge in [0.25, 0.3) is 11.6 Å². The van der Waals surface area contributed by atoms with Gasteiger partial charge in [0.2, 0.25) is 0 Å². The number of nitro benzene ring substituents is 1. The first-order valence-electron chi connectivity index (χ1n) is 8.26. The van der Waals surface area contributed by atoms with E-state index in [2.05, 4.69) is 10.3 Å². The van der Waals surface area contributed by atoms with Gasteiger partial charge in [0.1, 0.15) is 0 Å². The Morgan fingerprint density at radius 2 is 2.00 bits per heavy atom. The summed E-state index contributed by atoms with van der Waals surface area (Å²) in [6.45, 7) is 1.39. The molecule has 3 N–H and O–H groups in total. The summed E-state index contributed by atoms with van der Waals surface area (Å²) in [7, 11) is 0. The Balaban J connectivity index is 1.75. The number of ether oxygens (including phenoxy) is 1. The fourth-order valence-electron chi connectivity index (χ4n) is 2.56. The quantitative estimate of drug-likeness (QED) is 0.300. The first-order valence-corrected chi connectivity index (χ1v) is 8.26. The van der Waals surface area contributed by atoms with Gasteiger partial charge in [-0.1, -0.05) is 6.07 Å². The predicted octanol–water partition coefficient (Wildman–Crippen LogP) is 2.91. The van der Waals surface area contributed by atoms with Gasteiger partial charge in [-0.3, -0.25) is 19.9 Å². The van der Waals surface area contributed by atoms with Crippen LogP contribution >= 0.6 is 0 Å². The number of nitrogens with one attached hydrogen (secondary N) is 1. The Morgan fingerprint density at radius 3 is 2.75 bits per heavy atom. The first-order chi connectivity index (χ1) is 13.4. The summed E-state index contributed by atoms with van der Waals surface area (Å²) in [4.78, 5) is 39.2. The van der Waals surface area contributed by atoms with Crippen molar-refractivity contribution >= 4 is 39.8 Å². The van der Waals surface area contributed by atoms with E-state index in [9.17, 15) is 19.7 Å². The van der Waals surface area contributed by atoms with Gasteiger partial charge in [0.05, 0.1) is 21.7 Å². The molecule has 0 saturated heterocycles. The molecule has 9 heteroatoms. The number of nitrogen functional groups attached to an aromatic ring is 1. The van der Waals surface area contributed by atoms with E-state index < -0.39 is 22.9 Å². The second-order valence-corrected chi connectivity index (χ2v) is 5.94. The minimum atomic E-state index is -1.15. The normalized spacial score (nSPS) is 11.6. The van der Waals surface area contributed by atoms with Gasteiger partial charge in [-0.05, 0) is 37.3 Å². The third-order valence-electron chi connectivity index (χ3n) is 4.02. The number of non-ortho nitro benzene ring substituents is 1. The number of hydrogen-bond acceptors (Lipinski definition) is 7. The van der Waals surface area contributed by atoms with Crippen LogP contribution in [0, 0.1) is 10.1 Å². The number of carbonyl (C=O) groups excluding carboxylic acids is 2. The van der Waals surface area contributed by atoms with E-state index in [1.165, 1.54) is 19.1 Å². The molecule has 1 atom stereocenters. The van der Waals surface area contributed by atoms with Crippen molar-refractivity contribution in [1.82, 2.24) is 4.98 Å². The number of anilines is 2. The second-order valence-electron chi connectivity index (χ2n) is 5.94. The van der Waals surface area contributed by atoms with Crippen LogP contribution < -0.4 is 11.1 Å². The number of esters is 1. The molecule has 0 radical (unpaired) electrons. The SMILES string of the molecule is C[C@H](OC(=O)c1cc([N+](=O)[O-])ccc1N)C(=O)Nc1cccc2ncccc12. The zero-order valence-corrected chi connectivity index (χ0v) is 14.8. The van der Waals surface area contributed by atoms with Gasteiger partial charge in [-0.15, -0.1) is 0 Å². The van der Waals surface area contributed by atoms with Gasteiger partial charge in [0.15, 0.2) is 6.10 Å². The number of pyridine rings is 1. The summed E-state index contributed by atoms with van der Waals surface area (Å²) >= 11 is 0. The van der Waals surface area contributed by atoms with E-state index in [0.29, 0.717) is 11.2 Å². The standard InChI is InChI=1S/C19H16N4O5/c1-11(28-19(25)14-10-12(23(26)27)7-8-15(14)20)18(24)22-17-6-2-5-16-13(17)4-3-9-21-16/h2-11H,20H2,1H3,(H,22,24)/t11-/m0/s1. The molecule has 0 bridgehead atoms. The van der Waals surface area contributed by atoms with Crippen molar-refractivity contribution in [2.24, 2.45) is 0 Å². The summed E-state index contributed by atoms with van der Waals surface area (Å²) in [5, 5.41) is 14.3. The summed E-state index contributed by atoms with van der Waals surface area (Å²) < 4.78 is 5.13. The highest BCUT2D eigenvalue weighted by Crippen LogP contribution is 2.23. The maximum Gasteiger partial charge on any atom is 0.341 e. The lowest BCUT2D eigenvalue weighted by atomic mass is 10.1. The third-order valence-corrected chi connectivity index (χ3v) is 4.02. The van der Waals surface area contributed by atoms with Gasteiger partial charge in [-0.2, -0.15) is 0 Å². The van der Waals surface area contributed by atoms with Crippen LogP contribution in [-0.4, -0.2) is 27.9 Å². The minimum Gasteiger partial charge on any atom is -0.449 e. The zero-order valence-electron chi connectivity index (χ0n) is 14.8. The minimum absolute atomic E-state index is 0.0170. The molecule has 0 spiro atoms. The third kappa shape index (κ3) is 3.88. The Bertz CT molecular complexity index is 1080. The molecule has 3 aromatic rings. The maximum atomic E-state index is 12.4. The van der Waals surface area contributed by atoms with Crippen molar-refractivity contribution < 1.29 is 19.2 Å². The number of carbonyl (C=O) groups is 2. The number of rotatable bonds is 5. The number of benzene rings is 2. The largest absolute Gasteiger partial charge is 0.449 e. The molecule has 0 unspecified atom stereocenters. The molecule has 9 nitrogen and oxygen atoms in total. The fraction of sp³-hybridized carbons (Fsp3) is 0.105. The lowest BCUT2D eigenvalue weighted by Crippen LogP contribution is -2.30. The number of nitro groups is 1. The molecular weight excluding hydrogens is 364 g/mol. The summed E-state index contributed by atoms with van der Waals surface area (Å²) in [6, 6.07) is 12.2. The summed E-state index contributed by atoms with van der Waals surface area (Å²) in [5.41, 5.74) is 6.46. The zero-order chi connectivity index (χ0) is 20.3. The molecule has 2 aromatic carbocycles. The molecular formula is C19H16N4O5. The molecule has 0 saturated carbocycles. The molecule has 3 rings (SSSR count). The highest BCUT2D eigenvalue weighted by Gasteiger charge is 2.22. The highest BCUT2D eigenvalue weighted by atomic mass is 16.6. The number of fused-ring (bicyclic) bond motifs is 1. The number of hydrogen-bond donors (Lipinski definition) is 2. The molecule has 0 aliphatic rings. The van der Waals surface area contributed by atoms with Crippen molar-refractivity contribution in [3.05, 3.63) is 70.4 Å². The summed E-state index contributed by atoms with van der Waals surface area (Å²) in [5.74, 6) is -1.49. The number of amides is 1. The van der Waals surface area contributed by atoms with Crippen LogP contribution in [0.2, 0.25) is 0 Å². The molecule has 0 aliphatic carbocycles. The van der Waals surface area contributed by atoms with Gasteiger partial charge < -0.3 is 15.8 Å². The van der Waals surface area contributed by atoms with Crippen LogP contribution in [0.15, 0.2) is 54.7 Å². The maximum absolute atomic E-state index is 12.4. The van der Waals surface area contributed by atoms with Crippen molar-refractivity contribution in [3.8, 4) is 0 Å². The number of nitrogens with zero attached hydrogens (tertiary/aromatic N) is 2. The predicted molar refractivity (Wildman–Crippen MR) is 103 cm³/mol. The fourth-order valence-corrected chi connectivity index (χ4v) is 2.56. The molecule has 0 aliphatic heterocycles. The van der Waals surface area contributed by atoms with Gasteiger partial charge in [0, 0.05) is 29.4 Å². The molecule has 1 amide bonds. The average molecular weight is 380 g/mol. The topological polar surface area (TPSA) is 137 Å². The second kappa shape index (κ2) is 7.70. The summed E-state index contributed by atoms with van der Waals surface area (Å²) in [6.07, 6.45) is 0.486. The van der Waals surface area contributed by atoms with E-state index in [4.69, 9.17) is 10.5 Å². The Kier molecular flexibility index (Phi) is 5.16. The Hall–Kier alpha value is -4.01. The van der Waals surface area contributed by atoms with E-state index >= 15 is 0 Å².